The molecule has 1 heterocycles. The molecular formula is C20H19ClN4O3. The lowest BCUT2D eigenvalue weighted by Crippen LogP contribution is -2.05. The Kier molecular flexibility index (Phi) is 5.96. The molecule has 0 fully saturated rings. The Morgan fingerprint density at radius 1 is 1.00 bits per heavy atom. The monoisotopic (exact) mass is 398 g/mol. The molecule has 7 nitrogen and oxygen atoms in total. The maximum absolute atomic E-state index is 11.8. The second-order valence-electron chi connectivity index (χ2n) is 5.85. The summed E-state index contributed by atoms with van der Waals surface area (Å²) in [7, 11) is 2.93. The molecule has 0 aliphatic heterocycles. The van der Waals surface area contributed by atoms with Gasteiger partial charge >= 0.3 is 5.97 Å². The van der Waals surface area contributed by atoms with Crippen LogP contribution in [0.2, 0.25) is 5.02 Å². The zero-order valence-electron chi connectivity index (χ0n) is 15.6. The van der Waals surface area contributed by atoms with Gasteiger partial charge in [-0.15, -0.1) is 0 Å². The molecule has 0 bridgehead atoms. The molecule has 8 heteroatoms. The van der Waals surface area contributed by atoms with E-state index in [1.165, 1.54) is 7.11 Å². The highest BCUT2D eigenvalue weighted by Crippen LogP contribution is 2.29. The topological polar surface area (TPSA) is 85.4 Å². The van der Waals surface area contributed by atoms with E-state index in [0.717, 1.165) is 11.4 Å². The fourth-order valence-corrected chi connectivity index (χ4v) is 2.73. The van der Waals surface area contributed by atoms with Gasteiger partial charge in [-0.05, 0) is 37.3 Å². The number of halogens is 1. The number of hydrogen-bond donors (Lipinski definition) is 2. The summed E-state index contributed by atoms with van der Waals surface area (Å²) in [6.07, 6.45) is 0. The van der Waals surface area contributed by atoms with Gasteiger partial charge in [0.15, 0.2) is 0 Å². The summed E-state index contributed by atoms with van der Waals surface area (Å²) in [6.45, 7) is 1.85. The molecule has 0 spiro atoms. The quantitative estimate of drug-likeness (QED) is 0.581. The Hall–Kier alpha value is -3.32. The number of para-hydroxylation sites is 2. The third-order valence-corrected chi connectivity index (χ3v) is 4.19. The number of nitrogens with zero attached hydrogens (tertiary/aromatic N) is 2. The van der Waals surface area contributed by atoms with Crippen LogP contribution in [0.1, 0.15) is 16.1 Å². The number of esters is 1. The Morgan fingerprint density at radius 2 is 1.79 bits per heavy atom. The van der Waals surface area contributed by atoms with E-state index in [-0.39, 0.29) is 0 Å². The van der Waals surface area contributed by atoms with E-state index in [1.54, 1.807) is 31.4 Å². The fraction of sp³-hybridized carbons (Fsp3) is 0.150. The number of carbonyl (C=O) groups excluding carboxylic acids is 1. The van der Waals surface area contributed by atoms with Gasteiger partial charge in [0.25, 0.3) is 0 Å². The van der Waals surface area contributed by atoms with Gasteiger partial charge in [-0.1, -0.05) is 23.7 Å². The van der Waals surface area contributed by atoms with Crippen LogP contribution in [-0.2, 0) is 4.74 Å². The highest BCUT2D eigenvalue weighted by Gasteiger charge is 2.11. The van der Waals surface area contributed by atoms with Gasteiger partial charge in [0, 0.05) is 11.8 Å². The van der Waals surface area contributed by atoms with Gasteiger partial charge < -0.3 is 20.1 Å². The number of aromatic nitrogens is 2. The molecule has 2 N–H and O–H groups in total. The molecule has 0 aliphatic carbocycles. The van der Waals surface area contributed by atoms with Crippen molar-refractivity contribution in [3.05, 3.63) is 64.8 Å². The van der Waals surface area contributed by atoms with Crippen LogP contribution < -0.4 is 15.4 Å². The summed E-state index contributed by atoms with van der Waals surface area (Å²) in [6, 6.07) is 14.1. The molecule has 0 aliphatic rings. The number of aryl methyl sites for hydroxylation is 1. The van der Waals surface area contributed by atoms with Crippen molar-refractivity contribution in [3.8, 4) is 5.75 Å². The minimum atomic E-state index is -0.447. The van der Waals surface area contributed by atoms with Gasteiger partial charge in [0.05, 0.1) is 36.2 Å². The van der Waals surface area contributed by atoms with Crippen molar-refractivity contribution in [1.82, 2.24) is 9.97 Å². The van der Waals surface area contributed by atoms with Crippen molar-refractivity contribution >= 4 is 40.7 Å². The minimum absolute atomic E-state index is 0.382. The van der Waals surface area contributed by atoms with E-state index in [1.807, 2.05) is 31.2 Å². The third kappa shape index (κ3) is 4.50. The number of benzene rings is 2. The zero-order chi connectivity index (χ0) is 20.1. The molecule has 1 aromatic heterocycles. The predicted octanol–water partition coefficient (Wildman–Crippen LogP) is 4.72. The SMILES string of the molecule is COC(=O)c1ccc(Cl)c(Nc2cc(C)nc(Nc3ccccc3OC)n2)c1. The fourth-order valence-electron chi connectivity index (χ4n) is 2.56. The molecule has 0 atom stereocenters. The van der Waals surface area contributed by atoms with E-state index in [4.69, 9.17) is 21.1 Å². The highest BCUT2D eigenvalue weighted by atomic mass is 35.5. The molecule has 0 unspecified atom stereocenters. The van der Waals surface area contributed by atoms with Crippen molar-refractivity contribution in [2.45, 2.75) is 6.92 Å². The number of nitrogens with one attached hydrogen (secondary N) is 2. The predicted molar refractivity (Wildman–Crippen MR) is 109 cm³/mol. The maximum Gasteiger partial charge on any atom is 0.337 e. The first-order valence-corrected chi connectivity index (χ1v) is 8.78. The zero-order valence-corrected chi connectivity index (χ0v) is 16.4. The van der Waals surface area contributed by atoms with Crippen molar-refractivity contribution < 1.29 is 14.3 Å². The number of anilines is 4. The van der Waals surface area contributed by atoms with Gasteiger partial charge in [-0.3, -0.25) is 0 Å². The van der Waals surface area contributed by atoms with Gasteiger partial charge in [0.1, 0.15) is 11.6 Å². The van der Waals surface area contributed by atoms with Crippen molar-refractivity contribution in [2.24, 2.45) is 0 Å². The summed E-state index contributed by atoms with van der Waals surface area (Å²) in [5, 5.41) is 6.72. The summed E-state index contributed by atoms with van der Waals surface area (Å²) < 4.78 is 10.1. The molecular weight excluding hydrogens is 380 g/mol. The lowest BCUT2D eigenvalue weighted by atomic mass is 10.2. The van der Waals surface area contributed by atoms with Crippen molar-refractivity contribution in [1.29, 1.82) is 0 Å². The number of hydrogen-bond acceptors (Lipinski definition) is 7. The van der Waals surface area contributed by atoms with Crippen LogP contribution in [0.5, 0.6) is 5.75 Å². The van der Waals surface area contributed by atoms with Crippen molar-refractivity contribution in [2.75, 3.05) is 24.9 Å². The largest absolute Gasteiger partial charge is 0.495 e. The maximum atomic E-state index is 11.8. The number of ether oxygens (including phenoxy) is 2. The van der Waals surface area contributed by atoms with Crippen LogP contribution >= 0.6 is 11.6 Å². The number of rotatable bonds is 6. The van der Waals surface area contributed by atoms with Gasteiger partial charge in [-0.25, -0.2) is 9.78 Å². The van der Waals surface area contributed by atoms with Gasteiger partial charge in [-0.2, -0.15) is 4.98 Å². The van der Waals surface area contributed by atoms with Crippen LogP contribution in [0.3, 0.4) is 0 Å². The highest BCUT2D eigenvalue weighted by molar-refractivity contribution is 6.33. The van der Waals surface area contributed by atoms with Crippen LogP contribution in [0, 0.1) is 6.92 Å². The molecule has 0 amide bonds. The molecule has 144 valence electrons. The average molecular weight is 399 g/mol. The smallest absolute Gasteiger partial charge is 0.337 e. The Morgan fingerprint density at radius 3 is 2.54 bits per heavy atom. The summed E-state index contributed by atoms with van der Waals surface area (Å²) in [5.41, 5.74) is 2.40. The molecule has 0 saturated heterocycles. The molecule has 2 aromatic carbocycles. The van der Waals surface area contributed by atoms with E-state index in [0.29, 0.717) is 33.8 Å². The third-order valence-electron chi connectivity index (χ3n) is 3.86. The molecule has 3 aromatic rings. The Bertz CT molecular complexity index is 1010. The summed E-state index contributed by atoms with van der Waals surface area (Å²) in [4.78, 5) is 20.6. The lowest BCUT2D eigenvalue weighted by molar-refractivity contribution is 0.0601. The number of carbonyl (C=O) groups is 1. The Labute approximate surface area is 167 Å². The molecule has 3 rings (SSSR count). The van der Waals surface area contributed by atoms with Crippen LogP contribution in [-0.4, -0.2) is 30.2 Å². The minimum Gasteiger partial charge on any atom is -0.495 e. The Balaban J connectivity index is 1.89. The number of methoxy groups -OCH3 is 2. The van der Waals surface area contributed by atoms with E-state index >= 15 is 0 Å². The van der Waals surface area contributed by atoms with Crippen LogP contribution in [0.4, 0.5) is 23.1 Å². The van der Waals surface area contributed by atoms with Crippen LogP contribution in [0.25, 0.3) is 0 Å². The van der Waals surface area contributed by atoms with Crippen molar-refractivity contribution in [3.63, 3.8) is 0 Å². The van der Waals surface area contributed by atoms with Crippen LogP contribution in [0.15, 0.2) is 48.5 Å². The first-order valence-electron chi connectivity index (χ1n) is 8.41. The average Bonchev–Trinajstić information content (AvgIpc) is 2.69. The lowest BCUT2D eigenvalue weighted by Gasteiger charge is -2.13. The second-order valence-corrected chi connectivity index (χ2v) is 6.26. The first kappa shape index (κ1) is 19.4. The van der Waals surface area contributed by atoms with E-state index in [2.05, 4.69) is 20.6 Å². The van der Waals surface area contributed by atoms with Gasteiger partial charge in [0.2, 0.25) is 5.95 Å². The first-order chi connectivity index (χ1) is 13.5. The summed E-state index contributed by atoms with van der Waals surface area (Å²) in [5.74, 6) is 1.15. The summed E-state index contributed by atoms with van der Waals surface area (Å²) >= 11 is 6.25. The molecule has 28 heavy (non-hydrogen) atoms. The van der Waals surface area contributed by atoms with E-state index in [9.17, 15) is 4.79 Å². The molecule has 0 radical (unpaired) electrons. The normalized spacial score (nSPS) is 10.3. The molecule has 0 saturated carbocycles. The second kappa shape index (κ2) is 8.58. The standard InChI is InChI=1S/C20H19ClN4O3/c1-12-10-18(23-16-11-13(19(26)28-3)8-9-14(16)21)25-20(22-12)24-15-6-4-5-7-17(15)27-2/h4-11H,1-3H3,(H2,22,23,24,25). The van der Waals surface area contributed by atoms with E-state index < -0.39 is 5.97 Å².